The maximum Gasteiger partial charge on any atom is 0.00967 e. The zero-order valence-corrected chi connectivity index (χ0v) is 15.2. The SMILES string of the molecule is CCCN(CC1(CNC(C)(C)C)CCC(C)CC1)C1CC1. The first kappa shape index (κ1) is 17.3. The van der Waals surface area contributed by atoms with E-state index in [4.69, 9.17) is 0 Å². The van der Waals surface area contributed by atoms with Gasteiger partial charge in [0.05, 0.1) is 0 Å². The highest BCUT2D eigenvalue weighted by Crippen LogP contribution is 2.41. The van der Waals surface area contributed by atoms with Crippen LogP contribution in [0.3, 0.4) is 0 Å². The van der Waals surface area contributed by atoms with Crippen molar-refractivity contribution < 1.29 is 0 Å². The van der Waals surface area contributed by atoms with E-state index in [1.807, 2.05) is 0 Å². The second kappa shape index (κ2) is 7.00. The zero-order valence-electron chi connectivity index (χ0n) is 15.2. The normalized spacial score (nSPS) is 30.9. The fraction of sp³-hybridized carbons (Fsp3) is 1.00. The number of hydrogen-bond donors (Lipinski definition) is 1. The van der Waals surface area contributed by atoms with E-state index in [1.165, 1.54) is 64.6 Å². The van der Waals surface area contributed by atoms with Crippen LogP contribution in [0.5, 0.6) is 0 Å². The Morgan fingerprint density at radius 2 is 1.71 bits per heavy atom. The van der Waals surface area contributed by atoms with Gasteiger partial charge in [-0.1, -0.05) is 26.7 Å². The monoisotopic (exact) mass is 294 g/mol. The Hall–Kier alpha value is -0.0800. The largest absolute Gasteiger partial charge is 0.311 e. The quantitative estimate of drug-likeness (QED) is 0.746. The van der Waals surface area contributed by atoms with Gasteiger partial charge in [-0.25, -0.2) is 0 Å². The van der Waals surface area contributed by atoms with Crippen molar-refractivity contribution in [3.63, 3.8) is 0 Å². The molecule has 2 saturated carbocycles. The van der Waals surface area contributed by atoms with E-state index < -0.39 is 0 Å². The summed E-state index contributed by atoms with van der Waals surface area (Å²) in [7, 11) is 0. The molecular formula is C19H38N2. The van der Waals surface area contributed by atoms with Crippen molar-refractivity contribution in [2.45, 2.75) is 91.1 Å². The molecule has 0 heterocycles. The van der Waals surface area contributed by atoms with Crippen molar-refractivity contribution in [1.82, 2.24) is 10.2 Å². The lowest BCUT2D eigenvalue weighted by atomic mass is 9.70. The van der Waals surface area contributed by atoms with Crippen LogP contribution in [-0.4, -0.2) is 36.1 Å². The number of nitrogens with zero attached hydrogens (tertiary/aromatic N) is 1. The van der Waals surface area contributed by atoms with Crippen molar-refractivity contribution in [1.29, 1.82) is 0 Å². The molecule has 2 fully saturated rings. The molecule has 0 amide bonds. The molecule has 0 aromatic heterocycles. The average Bonchev–Trinajstić information content (AvgIpc) is 3.23. The van der Waals surface area contributed by atoms with Crippen LogP contribution >= 0.6 is 0 Å². The lowest BCUT2D eigenvalue weighted by Gasteiger charge is -2.44. The Labute approximate surface area is 133 Å². The summed E-state index contributed by atoms with van der Waals surface area (Å²) in [5, 5.41) is 3.83. The minimum absolute atomic E-state index is 0.241. The molecule has 0 radical (unpaired) electrons. The predicted octanol–water partition coefficient (Wildman–Crippen LogP) is 4.45. The molecule has 1 N–H and O–H groups in total. The molecule has 0 atom stereocenters. The summed E-state index contributed by atoms with van der Waals surface area (Å²) in [5.74, 6) is 0.938. The van der Waals surface area contributed by atoms with Crippen LogP contribution < -0.4 is 5.32 Å². The lowest BCUT2D eigenvalue weighted by molar-refractivity contribution is 0.0758. The molecule has 124 valence electrons. The first-order chi connectivity index (χ1) is 9.84. The molecule has 0 saturated heterocycles. The highest BCUT2D eigenvalue weighted by Gasteiger charge is 2.39. The van der Waals surface area contributed by atoms with Gasteiger partial charge in [0.25, 0.3) is 0 Å². The number of nitrogens with one attached hydrogen (secondary N) is 1. The van der Waals surface area contributed by atoms with Crippen molar-refractivity contribution >= 4 is 0 Å². The maximum atomic E-state index is 3.83. The van der Waals surface area contributed by atoms with Crippen LogP contribution in [-0.2, 0) is 0 Å². The summed E-state index contributed by atoms with van der Waals surface area (Å²) in [6.07, 6.45) is 9.88. The van der Waals surface area contributed by atoms with E-state index in [0.29, 0.717) is 5.41 Å². The van der Waals surface area contributed by atoms with E-state index in [9.17, 15) is 0 Å². The van der Waals surface area contributed by atoms with Crippen molar-refractivity contribution in [3.05, 3.63) is 0 Å². The summed E-state index contributed by atoms with van der Waals surface area (Å²) in [6, 6.07) is 0.913. The zero-order chi connectivity index (χ0) is 15.5. The first-order valence-electron chi connectivity index (χ1n) is 9.33. The molecule has 2 rings (SSSR count). The van der Waals surface area contributed by atoms with E-state index in [0.717, 1.165) is 12.0 Å². The third kappa shape index (κ3) is 5.56. The van der Waals surface area contributed by atoms with Crippen LogP contribution in [0, 0.1) is 11.3 Å². The Bertz CT molecular complexity index is 306. The van der Waals surface area contributed by atoms with Gasteiger partial charge in [-0.05, 0) is 70.8 Å². The van der Waals surface area contributed by atoms with Gasteiger partial charge in [0.2, 0.25) is 0 Å². The number of hydrogen-bond acceptors (Lipinski definition) is 2. The van der Waals surface area contributed by atoms with Gasteiger partial charge in [-0.15, -0.1) is 0 Å². The lowest BCUT2D eigenvalue weighted by Crippen LogP contribution is -2.50. The standard InChI is InChI=1S/C19H38N2/c1-6-13-21(17-7-8-17)15-19(14-20-18(3,4)5)11-9-16(2)10-12-19/h16-17,20H,6-15H2,1-5H3. The van der Waals surface area contributed by atoms with Crippen LogP contribution in [0.15, 0.2) is 0 Å². The van der Waals surface area contributed by atoms with E-state index >= 15 is 0 Å². The second-order valence-electron chi connectivity index (χ2n) is 8.99. The van der Waals surface area contributed by atoms with E-state index in [-0.39, 0.29) is 5.54 Å². The molecule has 2 aliphatic carbocycles. The van der Waals surface area contributed by atoms with Gasteiger partial charge >= 0.3 is 0 Å². The van der Waals surface area contributed by atoms with Gasteiger partial charge in [-0.2, -0.15) is 0 Å². The fourth-order valence-corrected chi connectivity index (χ4v) is 3.77. The van der Waals surface area contributed by atoms with E-state index in [2.05, 4.69) is 44.8 Å². The summed E-state index contributed by atoms with van der Waals surface area (Å²) in [6.45, 7) is 15.5. The van der Waals surface area contributed by atoms with Crippen LogP contribution in [0.1, 0.15) is 79.6 Å². The molecule has 0 spiro atoms. The molecule has 0 unspecified atom stereocenters. The third-order valence-corrected chi connectivity index (χ3v) is 5.44. The average molecular weight is 295 g/mol. The molecule has 2 aliphatic rings. The van der Waals surface area contributed by atoms with Crippen molar-refractivity contribution in [3.8, 4) is 0 Å². The minimum Gasteiger partial charge on any atom is -0.311 e. The fourth-order valence-electron chi connectivity index (χ4n) is 3.77. The summed E-state index contributed by atoms with van der Waals surface area (Å²) >= 11 is 0. The topological polar surface area (TPSA) is 15.3 Å². The second-order valence-corrected chi connectivity index (χ2v) is 8.99. The highest BCUT2D eigenvalue weighted by atomic mass is 15.2. The van der Waals surface area contributed by atoms with Crippen molar-refractivity contribution in [2.24, 2.45) is 11.3 Å². The Morgan fingerprint density at radius 1 is 1.10 bits per heavy atom. The maximum absolute atomic E-state index is 3.83. The summed E-state index contributed by atoms with van der Waals surface area (Å²) in [5.41, 5.74) is 0.767. The summed E-state index contributed by atoms with van der Waals surface area (Å²) < 4.78 is 0. The van der Waals surface area contributed by atoms with Gasteiger partial charge in [-0.3, -0.25) is 4.90 Å². The molecule has 0 aromatic rings. The van der Waals surface area contributed by atoms with Gasteiger partial charge in [0, 0.05) is 24.7 Å². The molecule has 2 heteroatoms. The van der Waals surface area contributed by atoms with Gasteiger partial charge in [0.15, 0.2) is 0 Å². The molecule has 0 aromatic carbocycles. The molecule has 0 bridgehead atoms. The Morgan fingerprint density at radius 3 is 2.19 bits per heavy atom. The van der Waals surface area contributed by atoms with Crippen LogP contribution in [0.4, 0.5) is 0 Å². The molecule has 21 heavy (non-hydrogen) atoms. The first-order valence-corrected chi connectivity index (χ1v) is 9.33. The van der Waals surface area contributed by atoms with Gasteiger partial charge < -0.3 is 5.32 Å². The molecular weight excluding hydrogens is 256 g/mol. The smallest absolute Gasteiger partial charge is 0.00967 e. The van der Waals surface area contributed by atoms with E-state index in [1.54, 1.807) is 0 Å². The minimum atomic E-state index is 0.241. The van der Waals surface area contributed by atoms with Crippen LogP contribution in [0.2, 0.25) is 0 Å². The predicted molar refractivity (Wildman–Crippen MR) is 92.7 cm³/mol. The molecule has 0 aliphatic heterocycles. The highest BCUT2D eigenvalue weighted by molar-refractivity contribution is 4.94. The Kier molecular flexibility index (Phi) is 5.76. The summed E-state index contributed by atoms with van der Waals surface area (Å²) in [4.78, 5) is 2.82. The third-order valence-electron chi connectivity index (χ3n) is 5.44. The Balaban J connectivity index is 2.00. The molecule has 2 nitrogen and oxygen atoms in total. The van der Waals surface area contributed by atoms with Crippen molar-refractivity contribution in [2.75, 3.05) is 19.6 Å². The van der Waals surface area contributed by atoms with Crippen LogP contribution in [0.25, 0.3) is 0 Å². The number of rotatable bonds is 7. The van der Waals surface area contributed by atoms with Gasteiger partial charge in [0.1, 0.15) is 0 Å².